The molecule has 2 aliphatic rings. The number of hydrogen-bond acceptors (Lipinski definition) is 4. The number of aliphatic imine (C=N–C) groups is 1. The summed E-state index contributed by atoms with van der Waals surface area (Å²) in [7, 11) is 0. The van der Waals surface area contributed by atoms with Crippen molar-refractivity contribution in [2.24, 2.45) is 16.3 Å². The fraction of sp³-hybridized carbons (Fsp3) is 0.346. The molecule has 0 atom stereocenters. The molecule has 1 spiro atoms. The summed E-state index contributed by atoms with van der Waals surface area (Å²) in [6.45, 7) is 0. The van der Waals surface area contributed by atoms with Crippen molar-refractivity contribution >= 4 is 22.4 Å². The maximum Gasteiger partial charge on any atom is 0.129 e. The van der Waals surface area contributed by atoms with Gasteiger partial charge in [0.1, 0.15) is 11.7 Å². The third-order valence-corrected chi connectivity index (χ3v) is 7.33. The molecular weight excluding hydrogens is 403 g/mol. The Kier molecular flexibility index (Phi) is 5.36. The first-order chi connectivity index (χ1) is 15.6. The zero-order valence-electron chi connectivity index (χ0n) is 17.8. The van der Waals surface area contributed by atoms with Crippen molar-refractivity contribution in [1.29, 1.82) is 5.26 Å². The number of pyridine rings is 1. The van der Waals surface area contributed by atoms with Crippen LogP contribution in [0.25, 0.3) is 10.9 Å². The summed E-state index contributed by atoms with van der Waals surface area (Å²) in [5, 5.41) is 19.6. The molecule has 2 aromatic carbocycles. The number of amidine groups is 1. The fourth-order valence-corrected chi connectivity index (χ4v) is 5.57. The van der Waals surface area contributed by atoms with Crippen LogP contribution in [-0.4, -0.2) is 16.0 Å². The molecule has 162 valence electrons. The van der Waals surface area contributed by atoms with Gasteiger partial charge in [-0.2, -0.15) is 5.26 Å². The standard InChI is InChI=1S/C26H25FN4O/c27-20-3-6-24-23(13-20)22(9-12-29-24)19-14-26(15-19)10-7-18(8-11-26)25(31-32)30-21-4-1-17(16-28)2-5-21/h1-6,9,12-13,18-19,32H,7-8,10-11,14-15H2,(H,30,31). The molecule has 6 heteroatoms. The van der Waals surface area contributed by atoms with E-state index in [9.17, 15) is 9.60 Å². The van der Waals surface area contributed by atoms with Gasteiger partial charge in [0.05, 0.1) is 22.8 Å². The lowest BCUT2D eigenvalue weighted by molar-refractivity contribution is 0.0424. The summed E-state index contributed by atoms with van der Waals surface area (Å²) < 4.78 is 13.8. The van der Waals surface area contributed by atoms with Gasteiger partial charge in [0.2, 0.25) is 0 Å². The van der Waals surface area contributed by atoms with Crippen molar-refractivity contribution < 1.29 is 9.60 Å². The zero-order chi connectivity index (χ0) is 22.1. The van der Waals surface area contributed by atoms with Crippen molar-refractivity contribution in [2.75, 3.05) is 0 Å². The largest absolute Gasteiger partial charge is 0.290 e. The number of nitriles is 1. The van der Waals surface area contributed by atoms with Crippen LogP contribution in [0.1, 0.15) is 55.6 Å². The number of halogens is 1. The minimum absolute atomic E-state index is 0.191. The number of aromatic nitrogens is 1. The molecule has 5 nitrogen and oxygen atoms in total. The molecular formula is C26H25FN4O. The SMILES string of the molecule is N#Cc1ccc(N=C(NO)C2CCC3(CC2)CC(c2ccnc4ccc(F)cc24)C3)cc1. The normalized spacial score (nSPS) is 25.3. The number of nitrogens with zero attached hydrogens (tertiary/aromatic N) is 3. The molecule has 1 aromatic heterocycles. The number of hydrogen-bond donors (Lipinski definition) is 2. The van der Waals surface area contributed by atoms with Crippen LogP contribution in [0.4, 0.5) is 10.1 Å². The second-order valence-electron chi connectivity index (χ2n) is 9.21. The van der Waals surface area contributed by atoms with Gasteiger partial charge in [-0.15, -0.1) is 0 Å². The minimum atomic E-state index is -0.216. The molecule has 0 bridgehead atoms. The first kappa shape index (κ1) is 20.6. The van der Waals surface area contributed by atoms with Crippen LogP contribution >= 0.6 is 0 Å². The quantitative estimate of drug-likeness (QED) is 0.304. The highest BCUT2D eigenvalue weighted by molar-refractivity contribution is 5.86. The van der Waals surface area contributed by atoms with E-state index in [1.54, 1.807) is 36.4 Å². The molecule has 0 radical (unpaired) electrons. The summed E-state index contributed by atoms with van der Waals surface area (Å²) in [6, 6.07) is 16.0. The van der Waals surface area contributed by atoms with E-state index in [-0.39, 0.29) is 11.7 Å². The van der Waals surface area contributed by atoms with Crippen LogP contribution in [0.15, 0.2) is 59.7 Å². The summed E-state index contributed by atoms with van der Waals surface area (Å²) in [4.78, 5) is 8.96. The van der Waals surface area contributed by atoms with Gasteiger partial charge in [-0.1, -0.05) is 0 Å². The first-order valence-corrected chi connectivity index (χ1v) is 11.1. The highest BCUT2D eigenvalue weighted by Crippen LogP contribution is 2.59. The van der Waals surface area contributed by atoms with E-state index >= 15 is 0 Å². The lowest BCUT2D eigenvalue weighted by Crippen LogP contribution is -2.42. The van der Waals surface area contributed by atoms with Gasteiger partial charge in [-0.25, -0.2) is 9.38 Å². The monoisotopic (exact) mass is 428 g/mol. The zero-order valence-corrected chi connectivity index (χ0v) is 17.8. The van der Waals surface area contributed by atoms with E-state index in [2.05, 4.69) is 21.5 Å². The second-order valence-corrected chi connectivity index (χ2v) is 9.21. The summed E-state index contributed by atoms with van der Waals surface area (Å²) >= 11 is 0. The van der Waals surface area contributed by atoms with Gasteiger partial charge < -0.3 is 0 Å². The van der Waals surface area contributed by atoms with Crippen LogP contribution in [-0.2, 0) is 0 Å². The molecule has 2 fully saturated rings. The van der Waals surface area contributed by atoms with Gasteiger partial charge in [0.25, 0.3) is 0 Å². The van der Waals surface area contributed by atoms with Gasteiger partial charge in [-0.05, 0) is 104 Å². The minimum Gasteiger partial charge on any atom is -0.290 e. The molecule has 2 N–H and O–H groups in total. The molecule has 0 saturated heterocycles. The molecule has 0 unspecified atom stereocenters. The van der Waals surface area contributed by atoms with Crippen LogP contribution in [0.2, 0.25) is 0 Å². The van der Waals surface area contributed by atoms with Gasteiger partial charge in [0.15, 0.2) is 0 Å². The number of hydroxylamine groups is 1. The molecule has 2 saturated carbocycles. The molecule has 2 aliphatic carbocycles. The van der Waals surface area contributed by atoms with E-state index in [0.29, 0.717) is 22.7 Å². The van der Waals surface area contributed by atoms with E-state index in [0.717, 1.165) is 55.1 Å². The van der Waals surface area contributed by atoms with Crippen LogP contribution in [0.3, 0.4) is 0 Å². The van der Waals surface area contributed by atoms with E-state index in [4.69, 9.17) is 5.26 Å². The Morgan fingerprint density at radius 1 is 1.12 bits per heavy atom. The summed E-state index contributed by atoms with van der Waals surface area (Å²) in [6.07, 6.45) is 8.20. The lowest BCUT2D eigenvalue weighted by atomic mass is 9.53. The van der Waals surface area contributed by atoms with Crippen LogP contribution < -0.4 is 5.48 Å². The van der Waals surface area contributed by atoms with Crippen LogP contribution in [0, 0.1) is 28.5 Å². The summed E-state index contributed by atoms with van der Waals surface area (Å²) in [5.74, 6) is 1.01. The number of nitrogens with one attached hydrogen (secondary N) is 1. The van der Waals surface area contributed by atoms with Crippen molar-refractivity contribution in [1.82, 2.24) is 10.5 Å². The van der Waals surface area contributed by atoms with Crippen LogP contribution in [0.5, 0.6) is 0 Å². The van der Waals surface area contributed by atoms with Gasteiger partial charge in [0, 0.05) is 17.5 Å². The van der Waals surface area contributed by atoms with Crippen molar-refractivity contribution in [3.8, 4) is 6.07 Å². The summed E-state index contributed by atoms with van der Waals surface area (Å²) in [5.41, 5.74) is 6.02. The van der Waals surface area contributed by atoms with Gasteiger partial charge in [-0.3, -0.25) is 15.7 Å². The molecule has 0 aliphatic heterocycles. The highest BCUT2D eigenvalue weighted by Gasteiger charge is 2.47. The Balaban J connectivity index is 1.25. The molecule has 1 heterocycles. The van der Waals surface area contributed by atoms with Crippen molar-refractivity contribution in [3.63, 3.8) is 0 Å². The third-order valence-electron chi connectivity index (χ3n) is 7.33. The Hall–Kier alpha value is -3.30. The lowest BCUT2D eigenvalue weighted by Gasteiger charge is -2.52. The maximum absolute atomic E-state index is 13.8. The Labute approximate surface area is 186 Å². The highest BCUT2D eigenvalue weighted by atomic mass is 19.1. The Morgan fingerprint density at radius 2 is 1.88 bits per heavy atom. The molecule has 3 aromatic rings. The number of benzene rings is 2. The molecule has 5 rings (SSSR count). The Morgan fingerprint density at radius 3 is 2.56 bits per heavy atom. The molecule has 32 heavy (non-hydrogen) atoms. The van der Waals surface area contributed by atoms with Crippen molar-refractivity contribution in [2.45, 2.75) is 44.4 Å². The average Bonchev–Trinajstić information content (AvgIpc) is 2.81. The molecule has 0 amide bonds. The smallest absolute Gasteiger partial charge is 0.129 e. The number of fused-ring (bicyclic) bond motifs is 1. The van der Waals surface area contributed by atoms with Crippen molar-refractivity contribution in [3.05, 3.63) is 71.7 Å². The first-order valence-electron chi connectivity index (χ1n) is 11.1. The topological polar surface area (TPSA) is 81.3 Å². The number of rotatable bonds is 3. The Bertz CT molecular complexity index is 1200. The van der Waals surface area contributed by atoms with Gasteiger partial charge >= 0.3 is 0 Å². The predicted octanol–water partition coefficient (Wildman–Crippen LogP) is 6.01. The maximum atomic E-state index is 13.8. The van der Waals surface area contributed by atoms with E-state index in [1.165, 1.54) is 11.6 Å². The predicted molar refractivity (Wildman–Crippen MR) is 121 cm³/mol. The third kappa shape index (κ3) is 3.85. The second kappa shape index (κ2) is 8.33. The van der Waals surface area contributed by atoms with E-state index in [1.807, 2.05) is 12.3 Å². The fourth-order valence-electron chi connectivity index (χ4n) is 5.57. The van der Waals surface area contributed by atoms with E-state index < -0.39 is 0 Å². The average molecular weight is 429 g/mol.